The lowest BCUT2D eigenvalue weighted by molar-refractivity contribution is -0.138. The Morgan fingerprint density at radius 2 is 1.81 bits per heavy atom. The van der Waals surface area contributed by atoms with Gasteiger partial charge in [-0.05, 0) is 50.1 Å². The lowest BCUT2D eigenvalue weighted by Crippen LogP contribution is -2.36. The summed E-state index contributed by atoms with van der Waals surface area (Å²) in [7, 11) is 0. The predicted octanol–water partition coefficient (Wildman–Crippen LogP) is 4.81. The number of alkyl halides is 3. The summed E-state index contributed by atoms with van der Waals surface area (Å²) >= 11 is 0. The third kappa shape index (κ3) is 4.32. The number of hydrogen-bond donors (Lipinski definition) is 1. The van der Waals surface area contributed by atoms with Crippen molar-refractivity contribution in [1.82, 2.24) is 15.2 Å². The van der Waals surface area contributed by atoms with Crippen LogP contribution >= 0.6 is 0 Å². The monoisotopic (exact) mass is 449 g/mol. The fourth-order valence-electron chi connectivity index (χ4n) is 3.98. The summed E-state index contributed by atoms with van der Waals surface area (Å²) in [6.07, 6.45) is -2.88. The highest BCUT2D eigenvalue weighted by Gasteiger charge is 2.34. The van der Waals surface area contributed by atoms with Crippen LogP contribution in [0.1, 0.15) is 35.3 Å². The van der Waals surface area contributed by atoms with Gasteiger partial charge in [-0.1, -0.05) is 0 Å². The summed E-state index contributed by atoms with van der Waals surface area (Å²) in [5.41, 5.74) is 1.34. The van der Waals surface area contributed by atoms with Crippen molar-refractivity contribution in [3.05, 3.63) is 52.6 Å². The Hall–Kier alpha value is -3.01. The Labute approximate surface area is 182 Å². The lowest BCUT2D eigenvalue weighted by atomic mass is 9.96. The Morgan fingerprint density at radius 3 is 2.50 bits per heavy atom. The molecule has 4 rings (SSSR count). The number of nitrogens with zero attached hydrogens (tertiary/aromatic N) is 4. The molecule has 1 N–H and O–H groups in total. The van der Waals surface area contributed by atoms with E-state index in [1.54, 1.807) is 20.0 Å². The maximum Gasteiger partial charge on any atom is 0.416 e. The molecular formula is C22H23F4N5O. The van der Waals surface area contributed by atoms with Crippen molar-refractivity contribution in [3.8, 4) is 0 Å². The van der Waals surface area contributed by atoms with Gasteiger partial charge < -0.3 is 15.0 Å². The number of aromatic nitrogens is 3. The van der Waals surface area contributed by atoms with Gasteiger partial charge in [0.1, 0.15) is 5.82 Å². The van der Waals surface area contributed by atoms with Crippen molar-refractivity contribution < 1.29 is 22.3 Å². The normalized spacial score (nSPS) is 15.8. The number of rotatable bonds is 4. The second kappa shape index (κ2) is 8.50. The van der Waals surface area contributed by atoms with Gasteiger partial charge in [0.05, 0.1) is 47.9 Å². The first kappa shape index (κ1) is 22.2. The van der Waals surface area contributed by atoms with Gasteiger partial charge in [0.25, 0.3) is 0 Å². The van der Waals surface area contributed by atoms with Crippen LogP contribution in [0, 0.1) is 19.7 Å². The van der Waals surface area contributed by atoms with Crippen LogP contribution in [0.25, 0.3) is 10.9 Å². The van der Waals surface area contributed by atoms with Crippen LogP contribution in [0.5, 0.6) is 0 Å². The number of halogens is 4. The molecule has 0 amide bonds. The quantitative estimate of drug-likeness (QED) is 0.577. The van der Waals surface area contributed by atoms with Crippen LogP contribution in [0.4, 0.5) is 29.1 Å². The Balaban J connectivity index is 1.73. The largest absolute Gasteiger partial charge is 0.416 e. The highest BCUT2D eigenvalue weighted by Crippen LogP contribution is 2.36. The van der Waals surface area contributed by atoms with E-state index in [4.69, 9.17) is 4.74 Å². The van der Waals surface area contributed by atoms with Crippen molar-refractivity contribution in [1.29, 1.82) is 0 Å². The lowest BCUT2D eigenvalue weighted by Gasteiger charge is -2.29. The van der Waals surface area contributed by atoms with E-state index < -0.39 is 23.6 Å². The van der Waals surface area contributed by atoms with Gasteiger partial charge >= 0.3 is 6.18 Å². The van der Waals surface area contributed by atoms with Crippen molar-refractivity contribution >= 4 is 22.4 Å². The van der Waals surface area contributed by atoms with Crippen molar-refractivity contribution in [2.45, 2.75) is 33.0 Å². The average molecular weight is 449 g/mol. The molecule has 0 radical (unpaired) electrons. The van der Waals surface area contributed by atoms with E-state index in [-0.39, 0.29) is 11.1 Å². The van der Waals surface area contributed by atoms with Crippen molar-refractivity contribution in [2.24, 2.45) is 0 Å². The molecule has 1 fully saturated rings. The topological polar surface area (TPSA) is 63.2 Å². The third-order valence-electron chi connectivity index (χ3n) is 5.69. The number of pyridine rings is 1. The molecule has 0 saturated carbocycles. The molecule has 170 valence electrons. The zero-order valence-corrected chi connectivity index (χ0v) is 17.9. The zero-order valence-electron chi connectivity index (χ0n) is 17.9. The van der Waals surface area contributed by atoms with Gasteiger partial charge in [0.2, 0.25) is 0 Å². The van der Waals surface area contributed by atoms with Crippen LogP contribution in [0.15, 0.2) is 24.4 Å². The number of nitrogens with one attached hydrogen (secondary N) is 1. The van der Waals surface area contributed by atoms with Crippen LogP contribution in [0.2, 0.25) is 0 Å². The van der Waals surface area contributed by atoms with Gasteiger partial charge in [-0.25, -0.2) is 4.39 Å². The smallest absolute Gasteiger partial charge is 0.378 e. The molecule has 6 nitrogen and oxygen atoms in total. The van der Waals surface area contributed by atoms with Crippen LogP contribution in [-0.4, -0.2) is 41.5 Å². The molecule has 1 aliphatic rings. The van der Waals surface area contributed by atoms with E-state index in [0.29, 0.717) is 41.7 Å². The minimum Gasteiger partial charge on any atom is -0.378 e. The molecule has 0 bridgehead atoms. The van der Waals surface area contributed by atoms with E-state index in [0.717, 1.165) is 24.8 Å². The molecule has 0 unspecified atom stereocenters. The van der Waals surface area contributed by atoms with E-state index in [2.05, 4.69) is 25.4 Å². The number of aryl methyl sites for hydroxylation is 1. The molecule has 1 atom stereocenters. The number of anilines is 2. The van der Waals surface area contributed by atoms with E-state index in [9.17, 15) is 17.6 Å². The molecule has 2 aromatic heterocycles. The van der Waals surface area contributed by atoms with E-state index in [1.165, 1.54) is 6.92 Å². The molecule has 3 heterocycles. The van der Waals surface area contributed by atoms with Gasteiger partial charge in [0, 0.05) is 18.5 Å². The first-order chi connectivity index (χ1) is 15.1. The molecule has 1 aliphatic heterocycles. The van der Waals surface area contributed by atoms with Gasteiger partial charge in [-0.3, -0.25) is 4.98 Å². The minimum absolute atomic E-state index is 0.0320. The number of morpholine rings is 1. The SMILES string of the molecule is Cc1c([C@@H](C)Nc2nnc(C)c3ncc(N4CCOCC4)cc23)cc(F)cc1C(F)(F)F. The average Bonchev–Trinajstić information content (AvgIpc) is 2.76. The molecule has 0 spiro atoms. The number of hydrogen-bond acceptors (Lipinski definition) is 6. The maximum atomic E-state index is 14.0. The summed E-state index contributed by atoms with van der Waals surface area (Å²) in [5.74, 6) is -0.569. The van der Waals surface area contributed by atoms with E-state index >= 15 is 0 Å². The summed E-state index contributed by atoms with van der Waals surface area (Å²) in [5, 5.41) is 12.2. The summed E-state index contributed by atoms with van der Waals surface area (Å²) in [6.45, 7) is 7.49. The highest BCUT2D eigenvalue weighted by molar-refractivity contribution is 5.92. The van der Waals surface area contributed by atoms with Crippen molar-refractivity contribution in [2.75, 3.05) is 36.5 Å². The highest BCUT2D eigenvalue weighted by atomic mass is 19.4. The van der Waals surface area contributed by atoms with E-state index in [1.807, 2.05) is 6.07 Å². The number of ether oxygens (including phenoxy) is 1. The second-order valence-electron chi connectivity index (χ2n) is 7.85. The summed E-state index contributed by atoms with van der Waals surface area (Å²) in [6, 6.07) is 2.91. The van der Waals surface area contributed by atoms with Crippen molar-refractivity contribution in [3.63, 3.8) is 0 Å². The Kier molecular flexibility index (Phi) is 5.89. The minimum atomic E-state index is -4.64. The van der Waals surface area contributed by atoms with Gasteiger partial charge in [-0.15, -0.1) is 5.10 Å². The zero-order chi connectivity index (χ0) is 23.0. The number of benzene rings is 1. The molecular weight excluding hydrogens is 426 g/mol. The first-order valence-corrected chi connectivity index (χ1v) is 10.2. The standard InChI is InChI=1S/C22H23F4N5O/c1-12-17(8-15(23)9-19(12)22(24,25)26)13(2)28-21-18-10-16(31-4-6-32-7-5-31)11-27-20(18)14(3)29-30-21/h8-11,13H,4-7H2,1-3H3,(H,28,30)/t13-/m1/s1. The van der Waals surface area contributed by atoms with Crippen LogP contribution in [-0.2, 0) is 10.9 Å². The first-order valence-electron chi connectivity index (χ1n) is 10.2. The second-order valence-corrected chi connectivity index (χ2v) is 7.85. The summed E-state index contributed by atoms with van der Waals surface area (Å²) in [4.78, 5) is 6.69. The molecule has 1 saturated heterocycles. The molecule has 10 heteroatoms. The third-order valence-corrected chi connectivity index (χ3v) is 5.69. The Morgan fingerprint density at radius 1 is 1.09 bits per heavy atom. The molecule has 0 aliphatic carbocycles. The maximum absolute atomic E-state index is 14.0. The van der Waals surface area contributed by atoms with Crippen LogP contribution in [0.3, 0.4) is 0 Å². The fraction of sp³-hybridized carbons (Fsp3) is 0.409. The van der Waals surface area contributed by atoms with Gasteiger partial charge in [0.15, 0.2) is 5.82 Å². The molecule has 32 heavy (non-hydrogen) atoms. The number of fused-ring (bicyclic) bond motifs is 1. The fourth-order valence-corrected chi connectivity index (χ4v) is 3.98. The molecule has 3 aromatic rings. The Bertz CT molecular complexity index is 1150. The van der Waals surface area contributed by atoms with Crippen LogP contribution < -0.4 is 10.2 Å². The van der Waals surface area contributed by atoms with Gasteiger partial charge in [-0.2, -0.15) is 18.3 Å². The summed E-state index contributed by atoms with van der Waals surface area (Å²) < 4.78 is 59.4. The predicted molar refractivity (Wildman–Crippen MR) is 113 cm³/mol. The molecule has 1 aromatic carbocycles.